The highest BCUT2D eigenvalue weighted by Crippen LogP contribution is 2.46. The maximum atomic E-state index is 12.2. The molecule has 0 unspecified atom stereocenters. The number of nitrogens with zero attached hydrogens (tertiary/aromatic N) is 4. The summed E-state index contributed by atoms with van der Waals surface area (Å²) in [5, 5.41) is 21.3. The number of aromatic nitrogens is 4. The zero-order valence-corrected chi connectivity index (χ0v) is 17.7. The fourth-order valence-electron chi connectivity index (χ4n) is 4.58. The van der Waals surface area contributed by atoms with Crippen LogP contribution < -0.4 is 20.3 Å². The molecule has 3 fully saturated rings. The van der Waals surface area contributed by atoms with E-state index >= 15 is 0 Å². The van der Waals surface area contributed by atoms with E-state index in [0.717, 1.165) is 61.8 Å². The van der Waals surface area contributed by atoms with Gasteiger partial charge < -0.3 is 15.5 Å². The quantitative estimate of drug-likeness (QED) is 0.388. The summed E-state index contributed by atoms with van der Waals surface area (Å²) in [4.78, 5) is 3.96. The van der Waals surface area contributed by atoms with Crippen LogP contribution in [0.5, 0.6) is 0 Å². The predicted molar refractivity (Wildman–Crippen MR) is 113 cm³/mol. The zero-order valence-electron chi connectivity index (χ0n) is 16.1. The third-order valence-corrected chi connectivity index (χ3v) is 7.95. The molecule has 3 aliphatic rings. The minimum atomic E-state index is 0.400. The molecule has 0 bridgehead atoms. The molecule has 4 N–H and O–H groups in total. The molecule has 3 aliphatic heterocycles. The number of anilines is 1. The minimum absolute atomic E-state index is 0.400. The number of piperidine rings is 1. The maximum Gasteiger partial charge on any atom is 0.507 e. The van der Waals surface area contributed by atoms with Gasteiger partial charge in [-0.2, -0.15) is 0 Å². The summed E-state index contributed by atoms with van der Waals surface area (Å²) in [6, 6.07) is 4.58. The molecule has 1 atom stereocenters. The Morgan fingerprint density at radius 3 is 2.76 bits per heavy atom. The molecule has 4 heterocycles. The topological polar surface area (TPSA) is 111 Å². The molecule has 11 heteroatoms. The van der Waals surface area contributed by atoms with Crippen LogP contribution >= 0.6 is 11.9 Å². The Morgan fingerprint density at radius 2 is 2.07 bits per heavy atom. The van der Waals surface area contributed by atoms with Crippen molar-refractivity contribution < 1.29 is 4.21 Å². The molecule has 2 aromatic rings. The molecule has 5 rings (SSSR count). The Balaban J connectivity index is 1.44. The van der Waals surface area contributed by atoms with E-state index in [-0.39, 0.29) is 0 Å². The monoisotopic (exact) mass is 433 g/mol. The summed E-state index contributed by atoms with van der Waals surface area (Å²) >= 11 is 2.05. The van der Waals surface area contributed by atoms with Crippen molar-refractivity contribution in [2.24, 2.45) is 5.41 Å². The van der Waals surface area contributed by atoms with Crippen molar-refractivity contribution in [1.82, 2.24) is 36.0 Å². The fraction of sp³-hybridized carbons (Fsp3) is 0.611. The van der Waals surface area contributed by atoms with Gasteiger partial charge in [-0.1, -0.05) is 0 Å². The Morgan fingerprint density at radius 1 is 1.21 bits per heavy atom. The Bertz CT molecular complexity index is 857. The van der Waals surface area contributed by atoms with Crippen molar-refractivity contribution in [3.8, 4) is 11.4 Å². The van der Waals surface area contributed by atoms with Gasteiger partial charge >= 0.3 is 16.6 Å². The van der Waals surface area contributed by atoms with Gasteiger partial charge in [-0.25, -0.2) is 5.10 Å². The van der Waals surface area contributed by atoms with E-state index in [9.17, 15) is 4.21 Å². The lowest BCUT2D eigenvalue weighted by atomic mass is 9.72. The summed E-state index contributed by atoms with van der Waals surface area (Å²) in [7, 11) is 0. The van der Waals surface area contributed by atoms with Crippen molar-refractivity contribution in [3.63, 3.8) is 0 Å². The van der Waals surface area contributed by atoms with Crippen LogP contribution in [0.4, 0.5) is 5.69 Å². The standard InChI is InChI=1S/C18H25N8OS2/c27-29-16-14(28-23-12-3-6-20-9-12)2-1-13(15(16)17-21-24-25-22-17)26-10-18(11-26)4-7-19-8-5-18/h1-2,12,19-20,23H,3-11H2,(H,21,22,24,25)/q+1/t12-/m1/s1. The highest BCUT2D eigenvalue weighted by Gasteiger charge is 2.45. The van der Waals surface area contributed by atoms with Gasteiger partial charge in [0.25, 0.3) is 0 Å². The summed E-state index contributed by atoms with van der Waals surface area (Å²) < 4.78 is 15.7. The molecule has 9 nitrogen and oxygen atoms in total. The van der Waals surface area contributed by atoms with Crippen molar-refractivity contribution in [3.05, 3.63) is 12.1 Å². The van der Waals surface area contributed by atoms with Crippen molar-refractivity contribution >= 4 is 29.3 Å². The molecule has 0 aliphatic carbocycles. The Labute approximate surface area is 177 Å². The lowest BCUT2D eigenvalue weighted by Crippen LogP contribution is -2.60. The number of hydrogen-bond acceptors (Lipinski definition) is 9. The highest BCUT2D eigenvalue weighted by atomic mass is 32.2. The van der Waals surface area contributed by atoms with E-state index in [0.29, 0.717) is 33.8 Å². The van der Waals surface area contributed by atoms with Crippen LogP contribution in [0.1, 0.15) is 19.3 Å². The Hall–Kier alpha value is -1.66. The molecule has 1 spiro atoms. The van der Waals surface area contributed by atoms with Crippen molar-refractivity contribution in [2.75, 3.05) is 44.2 Å². The first-order valence-electron chi connectivity index (χ1n) is 10.1. The zero-order chi connectivity index (χ0) is 19.7. The average Bonchev–Trinajstić information content (AvgIpc) is 3.44. The number of rotatable bonds is 6. The molecule has 154 valence electrons. The molecule has 0 amide bonds. The van der Waals surface area contributed by atoms with Gasteiger partial charge in [-0.3, -0.25) is 4.72 Å². The minimum Gasteiger partial charge on any atom is -0.370 e. The van der Waals surface area contributed by atoms with E-state index < -0.39 is 0 Å². The van der Waals surface area contributed by atoms with Crippen LogP contribution in [0.15, 0.2) is 21.9 Å². The largest absolute Gasteiger partial charge is 0.507 e. The van der Waals surface area contributed by atoms with E-state index in [2.05, 4.69) is 53.0 Å². The van der Waals surface area contributed by atoms with Gasteiger partial charge in [-0.15, -0.1) is 5.10 Å². The van der Waals surface area contributed by atoms with Gasteiger partial charge in [0.05, 0.1) is 10.6 Å². The van der Waals surface area contributed by atoms with Crippen LogP contribution in [-0.4, -0.2) is 65.9 Å². The molecule has 0 saturated carbocycles. The number of tetrazole rings is 1. The van der Waals surface area contributed by atoms with Crippen LogP contribution in [0.2, 0.25) is 0 Å². The first-order chi connectivity index (χ1) is 14.3. The molecule has 29 heavy (non-hydrogen) atoms. The van der Waals surface area contributed by atoms with Gasteiger partial charge in [0.15, 0.2) is 5.82 Å². The number of nitrogens with one attached hydrogen (secondary N) is 4. The van der Waals surface area contributed by atoms with E-state index in [1.165, 1.54) is 24.8 Å². The highest BCUT2D eigenvalue weighted by molar-refractivity contribution is 7.97. The first kappa shape index (κ1) is 19.3. The number of hydrogen-bond donors (Lipinski definition) is 4. The molecular weight excluding hydrogens is 408 g/mol. The molecule has 1 aromatic carbocycles. The third-order valence-electron chi connectivity index (χ3n) is 6.22. The first-order valence-corrected chi connectivity index (χ1v) is 11.6. The van der Waals surface area contributed by atoms with Crippen LogP contribution in [0.25, 0.3) is 11.4 Å². The molecular formula is C18H25N8OS2+. The molecule has 3 saturated heterocycles. The average molecular weight is 434 g/mol. The van der Waals surface area contributed by atoms with E-state index in [4.69, 9.17) is 0 Å². The summed E-state index contributed by atoms with van der Waals surface area (Å²) in [6.45, 7) is 6.20. The smallest absolute Gasteiger partial charge is 0.370 e. The van der Waals surface area contributed by atoms with Gasteiger partial charge in [0, 0.05) is 35.3 Å². The summed E-state index contributed by atoms with van der Waals surface area (Å²) in [6.07, 6.45) is 3.51. The summed E-state index contributed by atoms with van der Waals surface area (Å²) in [5.41, 5.74) is 2.25. The maximum absolute atomic E-state index is 12.2. The molecule has 0 radical (unpaired) electrons. The predicted octanol–water partition coefficient (Wildman–Crippen LogP) is 0.802. The second-order valence-electron chi connectivity index (χ2n) is 8.14. The number of benzene rings is 1. The van der Waals surface area contributed by atoms with Gasteiger partial charge in [0.1, 0.15) is 5.56 Å². The third kappa shape index (κ3) is 3.77. The van der Waals surface area contributed by atoms with E-state index in [1.807, 2.05) is 0 Å². The molecule has 1 aromatic heterocycles. The Kier molecular flexibility index (Phi) is 5.48. The van der Waals surface area contributed by atoms with Crippen LogP contribution in [0.3, 0.4) is 0 Å². The summed E-state index contributed by atoms with van der Waals surface area (Å²) in [5.74, 6) is 0.551. The second-order valence-corrected chi connectivity index (χ2v) is 9.59. The van der Waals surface area contributed by atoms with Crippen molar-refractivity contribution in [1.29, 1.82) is 0 Å². The normalized spacial score (nSPS) is 23.3. The van der Waals surface area contributed by atoms with E-state index in [1.54, 1.807) is 0 Å². The second kappa shape index (κ2) is 8.23. The SMILES string of the molecule is O=[S+]c1c(SN[C@@H]2CCNC2)ccc(N2CC3(CCNCC3)C2)c1-c1nnn[nH]1. The van der Waals surface area contributed by atoms with Crippen LogP contribution in [-0.2, 0) is 15.9 Å². The van der Waals surface area contributed by atoms with Gasteiger partial charge in [-0.05, 0) is 73.4 Å². The number of aromatic amines is 1. The number of H-pyrrole nitrogens is 1. The van der Waals surface area contributed by atoms with Crippen LogP contribution in [0, 0.1) is 5.41 Å². The van der Waals surface area contributed by atoms with Gasteiger partial charge in [0.2, 0.25) is 0 Å². The lowest BCUT2D eigenvalue weighted by molar-refractivity contribution is 0.150. The van der Waals surface area contributed by atoms with Crippen molar-refractivity contribution in [2.45, 2.75) is 35.1 Å². The lowest BCUT2D eigenvalue weighted by Gasteiger charge is -2.53. The fourth-order valence-corrected chi connectivity index (χ4v) is 6.07.